The van der Waals surface area contributed by atoms with Crippen molar-refractivity contribution in [2.45, 2.75) is 64.5 Å². The maximum atomic E-state index is 12.1. The van der Waals surface area contributed by atoms with Crippen LogP contribution in [0.15, 0.2) is 0 Å². The van der Waals surface area contributed by atoms with Crippen LogP contribution in [0.4, 0.5) is 0 Å². The monoisotopic (exact) mass is 318 g/mol. The number of hydrogen-bond donors (Lipinski definition) is 2. The summed E-state index contributed by atoms with van der Waals surface area (Å²) in [6.45, 7) is 6.68. The van der Waals surface area contributed by atoms with Crippen molar-refractivity contribution in [2.75, 3.05) is 19.7 Å². The quantitative estimate of drug-likeness (QED) is 0.766. The summed E-state index contributed by atoms with van der Waals surface area (Å²) >= 11 is 0. The summed E-state index contributed by atoms with van der Waals surface area (Å²) in [5.41, 5.74) is 0. The second kappa shape index (κ2) is 9.65. The fraction of sp³-hybridized carbons (Fsp3) is 0.938. The lowest BCUT2D eigenvalue weighted by Gasteiger charge is -2.29. The number of ether oxygens (including phenoxy) is 1. The van der Waals surface area contributed by atoms with Crippen molar-refractivity contribution >= 4 is 18.3 Å². The number of rotatable bonds is 5. The van der Waals surface area contributed by atoms with Crippen LogP contribution < -0.4 is 10.6 Å². The lowest BCUT2D eigenvalue weighted by atomic mass is 9.88. The van der Waals surface area contributed by atoms with Crippen LogP contribution in [0.3, 0.4) is 0 Å². The molecule has 0 aromatic heterocycles. The van der Waals surface area contributed by atoms with Gasteiger partial charge in [-0.15, -0.1) is 12.4 Å². The Kier molecular flexibility index (Phi) is 8.60. The van der Waals surface area contributed by atoms with Crippen molar-refractivity contribution < 1.29 is 9.53 Å². The van der Waals surface area contributed by atoms with E-state index in [-0.39, 0.29) is 24.2 Å². The maximum absolute atomic E-state index is 12.1. The highest BCUT2D eigenvalue weighted by Gasteiger charge is 2.25. The second-order valence-corrected chi connectivity index (χ2v) is 6.54. The maximum Gasteiger partial charge on any atom is 0.223 e. The van der Waals surface area contributed by atoms with Crippen LogP contribution in [0.1, 0.15) is 52.4 Å². The Morgan fingerprint density at radius 3 is 2.71 bits per heavy atom. The molecule has 4 atom stereocenters. The van der Waals surface area contributed by atoms with Gasteiger partial charge in [-0.2, -0.15) is 0 Å². The van der Waals surface area contributed by atoms with Crippen molar-refractivity contribution in [2.24, 2.45) is 11.8 Å². The molecule has 0 aromatic rings. The molecule has 1 saturated heterocycles. The Labute approximate surface area is 135 Å². The van der Waals surface area contributed by atoms with E-state index in [9.17, 15) is 4.79 Å². The third-order valence-electron chi connectivity index (χ3n) is 4.76. The minimum absolute atomic E-state index is 0. The van der Waals surface area contributed by atoms with E-state index in [1.165, 1.54) is 25.7 Å². The van der Waals surface area contributed by atoms with Gasteiger partial charge in [-0.1, -0.05) is 19.8 Å². The third-order valence-corrected chi connectivity index (χ3v) is 4.76. The summed E-state index contributed by atoms with van der Waals surface area (Å²) in [6.07, 6.45) is 7.40. The third kappa shape index (κ3) is 6.13. The van der Waals surface area contributed by atoms with Gasteiger partial charge in [-0.3, -0.25) is 4.79 Å². The highest BCUT2D eigenvalue weighted by Crippen LogP contribution is 2.26. The van der Waals surface area contributed by atoms with Gasteiger partial charge in [0.05, 0.1) is 12.7 Å². The van der Waals surface area contributed by atoms with Crippen LogP contribution in [0, 0.1) is 11.8 Å². The van der Waals surface area contributed by atoms with Gasteiger partial charge in [0.1, 0.15) is 0 Å². The number of piperidine rings is 1. The van der Waals surface area contributed by atoms with Crippen LogP contribution in [0.2, 0.25) is 0 Å². The molecule has 1 amide bonds. The number of nitrogens with one attached hydrogen (secondary N) is 2. The summed E-state index contributed by atoms with van der Waals surface area (Å²) in [7, 11) is 0. The van der Waals surface area contributed by atoms with Gasteiger partial charge >= 0.3 is 0 Å². The number of halogens is 1. The van der Waals surface area contributed by atoms with E-state index in [4.69, 9.17) is 4.74 Å². The Hall–Kier alpha value is -0.320. The summed E-state index contributed by atoms with van der Waals surface area (Å²) in [5.74, 6) is 1.06. The minimum atomic E-state index is 0. The van der Waals surface area contributed by atoms with E-state index in [1.807, 2.05) is 0 Å². The van der Waals surface area contributed by atoms with E-state index in [0.29, 0.717) is 31.2 Å². The van der Waals surface area contributed by atoms with Gasteiger partial charge in [0.25, 0.3) is 0 Å². The summed E-state index contributed by atoms with van der Waals surface area (Å²) < 4.78 is 5.93. The van der Waals surface area contributed by atoms with E-state index in [2.05, 4.69) is 24.5 Å². The molecule has 0 aromatic carbocycles. The summed E-state index contributed by atoms with van der Waals surface area (Å²) in [6, 6.07) is 0.457. The highest BCUT2D eigenvalue weighted by atomic mass is 35.5. The number of hydrogen-bond acceptors (Lipinski definition) is 3. The molecule has 1 heterocycles. The first kappa shape index (κ1) is 18.7. The zero-order valence-corrected chi connectivity index (χ0v) is 14.2. The van der Waals surface area contributed by atoms with Gasteiger partial charge in [0, 0.05) is 18.5 Å². The highest BCUT2D eigenvalue weighted by molar-refractivity contribution is 5.85. The molecule has 4 nitrogen and oxygen atoms in total. The Bertz CT molecular complexity index is 315. The van der Waals surface area contributed by atoms with Crippen LogP contribution in [-0.4, -0.2) is 37.7 Å². The van der Waals surface area contributed by atoms with Crippen molar-refractivity contribution in [1.82, 2.24) is 10.6 Å². The molecule has 5 heteroatoms. The molecule has 21 heavy (non-hydrogen) atoms. The SMILES string of the molecule is CC1CCCCC1OCCNC(=O)[C@H]1CCN[C@@H](C)C1.Cl. The lowest BCUT2D eigenvalue weighted by Crippen LogP contribution is -2.43. The van der Waals surface area contributed by atoms with Crippen molar-refractivity contribution in [3.63, 3.8) is 0 Å². The van der Waals surface area contributed by atoms with Crippen molar-refractivity contribution in [3.8, 4) is 0 Å². The summed E-state index contributed by atoms with van der Waals surface area (Å²) in [4.78, 5) is 12.1. The van der Waals surface area contributed by atoms with Crippen LogP contribution in [0.25, 0.3) is 0 Å². The van der Waals surface area contributed by atoms with E-state index in [0.717, 1.165) is 19.4 Å². The molecule has 124 valence electrons. The first-order valence-electron chi connectivity index (χ1n) is 8.29. The topological polar surface area (TPSA) is 50.4 Å². The van der Waals surface area contributed by atoms with Crippen molar-refractivity contribution in [1.29, 1.82) is 0 Å². The molecule has 2 N–H and O–H groups in total. The molecule has 0 radical (unpaired) electrons. The van der Waals surface area contributed by atoms with Gasteiger partial charge < -0.3 is 15.4 Å². The first-order chi connectivity index (χ1) is 9.66. The number of amides is 1. The molecule has 1 aliphatic heterocycles. The molecule has 1 aliphatic carbocycles. The molecule has 1 saturated carbocycles. The van der Waals surface area contributed by atoms with E-state index < -0.39 is 0 Å². The molecule has 2 unspecified atom stereocenters. The molecular formula is C16H31ClN2O2. The predicted molar refractivity (Wildman–Crippen MR) is 87.8 cm³/mol. The second-order valence-electron chi connectivity index (χ2n) is 6.54. The van der Waals surface area contributed by atoms with Gasteiger partial charge in [0.15, 0.2) is 0 Å². The molecule has 0 spiro atoms. The number of carbonyl (C=O) groups is 1. The van der Waals surface area contributed by atoms with E-state index in [1.54, 1.807) is 0 Å². The van der Waals surface area contributed by atoms with Crippen LogP contribution in [0.5, 0.6) is 0 Å². The van der Waals surface area contributed by atoms with Crippen molar-refractivity contribution in [3.05, 3.63) is 0 Å². The smallest absolute Gasteiger partial charge is 0.223 e. The zero-order chi connectivity index (χ0) is 14.4. The normalized spacial score (nSPS) is 33.0. The minimum Gasteiger partial charge on any atom is -0.376 e. The Balaban J connectivity index is 0.00000220. The van der Waals surface area contributed by atoms with E-state index >= 15 is 0 Å². The molecular weight excluding hydrogens is 288 g/mol. The van der Waals surface area contributed by atoms with Gasteiger partial charge in [0.2, 0.25) is 5.91 Å². The van der Waals surface area contributed by atoms with Gasteiger partial charge in [-0.05, 0) is 45.1 Å². The standard InChI is InChI=1S/C16H30N2O2.ClH/c1-12-5-3-4-6-15(12)20-10-9-18-16(19)14-7-8-17-13(2)11-14;/h12-15,17H,3-11H2,1-2H3,(H,18,19);1H/t12?,13-,14-,15?;/m0./s1. The van der Waals surface area contributed by atoms with Crippen LogP contribution >= 0.6 is 12.4 Å². The average Bonchev–Trinajstić information content (AvgIpc) is 2.45. The molecule has 2 fully saturated rings. The number of carbonyl (C=O) groups excluding carboxylic acids is 1. The molecule has 2 aliphatic rings. The lowest BCUT2D eigenvalue weighted by molar-refractivity contribution is -0.126. The average molecular weight is 319 g/mol. The predicted octanol–water partition coefficient (Wildman–Crippen LogP) is 2.51. The van der Waals surface area contributed by atoms with Gasteiger partial charge in [-0.25, -0.2) is 0 Å². The molecule has 2 rings (SSSR count). The zero-order valence-electron chi connectivity index (χ0n) is 13.4. The first-order valence-corrected chi connectivity index (χ1v) is 8.29. The fourth-order valence-corrected chi connectivity index (χ4v) is 3.43. The fourth-order valence-electron chi connectivity index (χ4n) is 3.43. The van der Waals surface area contributed by atoms with Crippen LogP contribution in [-0.2, 0) is 9.53 Å². The summed E-state index contributed by atoms with van der Waals surface area (Å²) in [5, 5.41) is 6.41. The largest absolute Gasteiger partial charge is 0.376 e. The Morgan fingerprint density at radius 2 is 2.00 bits per heavy atom. The molecule has 0 bridgehead atoms. The Morgan fingerprint density at radius 1 is 1.24 bits per heavy atom.